The summed E-state index contributed by atoms with van der Waals surface area (Å²) in [5, 5.41) is 1.71. The molecular formula is C20H12Cl2. The van der Waals surface area contributed by atoms with E-state index in [4.69, 9.17) is 23.2 Å². The normalized spacial score (nSPS) is 20.3. The van der Waals surface area contributed by atoms with Crippen LogP contribution in [0.5, 0.6) is 0 Å². The van der Waals surface area contributed by atoms with E-state index in [1.165, 1.54) is 33.4 Å². The number of halogens is 2. The summed E-state index contributed by atoms with van der Waals surface area (Å²) in [5.74, 6) is 0.386. The van der Waals surface area contributed by atoms with Gasteiger partial charge in [0.25, 0.3) is 0 Å². The van der Waals surface area contributed by atoms with Gasteiger partial charge in [-0.2, -0.15) is 0 Å². The van der Waals surface area contributed by atoms with Crippen LogP contribution in [0.15, 0.2) is 60.7 Å². The van der Waals surface area contributed by atoms with Gasteiger partial charge in [-0.05, 0) is 45.5 Å². The van der Waals surface area contributed by atoms with Crippen molar-refractivity contribution in [1.29, 1.82) is 0 Å². The van der Waals surface area contributed by atoms with Crippen molar-refractivity contribution in [3.63, 3.8) is 0 Å². The molecular weight excluding hydrogens is 311 g/mol. The van der Waals surface area contributed by atoms with Gasteiger partial charge >= 0.3 is 0 Å². The van der Waals surface area contributed by atoms with Gasteiger partial charge in [0, 0.05) is 21.9 Å². The fourth-order valence-electron chi connectivity index (χ4n) is 4.21. The van der Waals surface area contributed by atoms with Gasteiger partial charge in [-0.25, -0.2) is 0 Å². The molecule has 0 N–H and O–H groups in total. The molecule has 3 aliphatic rings. The molecule has 0 saturated carbocycles. The highest BCUT2D eigenvalue weighted by Crippen LogP contribution is 2.58. The van der Waals surface area contributed by atoms with Crippen molar-refractivity contribution >= 4 is 23.2 Å². The van der Waals surface area contributed by atoms with Crippen LogP contribution in [0, 0.1) is 0 Å². The standard InChI is InChI=1S/C20H12Cl2/c21-15-9-4-8-14-18-12-6-2-1-5-11(12)17(19(14)15)13-7-3-10-16(22)20(13)18/h1-10,17-18H. The third-order valence-corrected chi connectivity index (χ3v) is 5.65. The van der Waals surface area contributed by atoms with Crippen molar-refractivity contribution in [3.8, 4) is 0 Å². The molecule has 0 radical (unpaired) electrons. The summed E-state index contributed by atoms with van der Waals surface area (Å²) in [6.45, 7) is 0. The molecule has 0 aromatic heterocycles. The molecule has 3 aromatic rings. The molecule has 0 fully saturated rings. The van der Waals surface area contributed by atoms with E-state index in [0.717, 1.165) is 10.0 Å². The Morgan fingerprint density at radius 3 is 1.36 bits per heavy atom. The van der Waals surface area contributed by atoms with Gasteiger partial charge in [-0.3, -0.25) is 0 Å². The molecule has 0 saturated heterocycles. The summed E-state index contributed by atoms with van der Waals surface area (Å²) < 4.78 is 0. The lowest BCUT2D eigenvalue weighted by atomic mass is 9.61. The van der Waals surface area contributed by atoms with Crippen LogP contribution < -0.4 is 0 Å². The summed E-state index contributed by atoms with van der Waals surface area (Å²) in [4.78, 5) is 0. The number of rotatable bonds is 0. The van der Waals surface area contributed by atoms with E-state index in [1.807, 2.05) is 24.3 Å². The molecule has 2 heteroatoms. The minimum atomic E-state index is 0.193. The Hall–Kier alpha value is -1.76. The average molecular weight is 323 g/mol. The predicted molar refractivity (Wildman–Crippen MR) is 91.2 cm³/mol. The van der Waals surface area contributed by atoms with Gasteiger partial charge in [0.05, 0.1) is 0 Å². The highest BCUT2D eigenvalue weighted by Gasteiger charge is 2.42. The van der Waals surface area contributed by atoms with E-state index in [9.17, 15) is 0 Å². The third-order valence-electron chi connectivity index (χ3n) is 4.99. The van der Waals surface area contributed by atoms with Gasteiger partial charge < -0.3 is 0 Å². The van der Waals surface area contributed by atoms with Crippen LogP contribution in [-0.2, 0) is 0 Å². The first-order valence-corrected chi connectivity index (χ1v) is 8.18. The van der Waals surface area contributed by atoms with Crippen molar-refractivity contribution in [2.75, 3.05) is 0 Å². The summed E-state index contributed by atoms with van der Waals surface area (Å²) in [5.41, 5.74) is 7.84. The van der Waals surface area contributed by atoms with E-state index in [-0.39, 0.29) is 11.8 Å². The van der Waals surface area contributed by atoms with Gasteiger partial charge in [0.2, 0.25) is 0 Å². The van der Waals surface area contributed by atoms with Crippen LogP contribution in [0.1, 0.15) is 45.2 Å². The minimum Gasteiger partial charge on any atom is -0.0840 e. The lowest BCUT2D eigenvalue weighted by molar-refractivity contribution is 0.755. The molecule has 6 rings (SSSR count). The molecule has 0 aliphatic heterocycles. The Morgan fingerprint density at radius 1 is 0.500 bits per heavy atom. The fraction of sp³-hybridized carbons (Fsp3) is 0.100. The molecule has 3 aliphatic carbocycles. The molecule has 3 aromatic carbocycles. The molecule has 0 nitrogen and oxygen atoms in total. The second kappa shape index (κ2) is 4.38. The number of hydrogen-bond acceptors (Lipinski definition) is 0. The first kappa shape index (κ1) is 12.8. The van der Waals surface area contributed by atoms with Crippen LogP contribution in [0.2, 0.25) is 10.0 Å². The molecule has 2 atom stereocenters. The van der Waals surface area contributed by atoms with E-state index in [2.05, 4.69) is 36.4 Å². The van der Waals surface area contributed by atoms with Crippen molar-refractivity contribution in [3.05, 3.63) is 104 Å². The van der Waals surface area contributed by atoms with Crippen molar-refractivity contribution < 1.29 is 0 Å². The second-order valence-electron chi connectivity index (χ2n) is 5.98. The zero-order valence-corrected chi connectivity index (χ0v) is 13.2. The topological polar surface area (TPSA) is 0 Å². The third kappa shape index (κ3) is 1.45. The van der Waals surface area contributed by atoms with Gasteiger partial charge in [-0.1, -0.05) is 71.7 Å². The van der Waals surface area contributed by atoms with Crippen LogP contribution >= 0.6 is 23.2 Å². The first-order chi connectivity index (χ1) is 10.8. The van der Waals surface area contributed by atoms with E-state index in [0.29, 0.717) is 0 Å². The molecule has 0 spiro atoms. The Morgan fingerprint density at radius 2 is 0.909 bits per heavy atom. The van der Waals surface area contributed by atoms with E-state index < -0.39 is 0 Å². The van der Waals surface area contributed by atoms with Crippen LogP contribution in [0.25, 0.3) is 0 Å². The highest BCUT2D eigenvalue weighted by molar-refractivity contribution is 6.32. The van der Waals surface area contributed by atoms with Gasteiger partial charge in [0.15, 0.2) is 0 Å². The lowest BCUT2D eigenvalue weighted by Gasteiger charge is -2.42. The van der Waals surface area contributed by atoms with Gasteiger partial charge in [-0.15, -0.1) is 0 Å². The Labute approximate surface area is 139 Å². The smallest absolute Gasteiger partial charge is 0.0450 e. The number of hydrogen-bond donors (Lipinski definition) is 0. The zero-order chi connectivity index (χ0) is 14.8. The van der Waals surface area contributed by atoms with E-state index >= 15 is 0 Å². The SMILES string of the molecule is Clc1cccc2c1C1c3ccccc3C2c2c(Cl)cccc21. The fourth-order valence-corrected chi connectivity index (χ4v) is 4.80. The zero-order valence-electron chi connectivity index (χ0n) is 11.7. The van der Waals surface area contributed by atoms with E-state index in [1.54, 1.807) is 0 Å². The average Bonchev–Trinajstić information content (AvgIpc) is 2.55. The summed E-state index contributed by atoms with van der Waals surface area (Å²) in [7, 11) is 0. The summed E-state index contributed by atoms with van der Waals surface area (Å²) >= 11 is 13.2. The maximum absolute atomic E-state index is 6.58. The van der Waals surface area contributed by atoms with Crippen molar-refractivity contribution in [1.82, 2.24) is 0 Å². The van der Waals surface area contributed by atoms with Crippen LogP contribution in [-0.4, -0.2) is 0 Å². The molecule has 2 bridgehead atoms. The monoisotopic (exact) mass is 322 g/mol. The quantitative estimate of drug-likeness (QED) is 0.329. The maximum Gasteiger partial charge on any atom is 0.0450 e. The first-order valence-electron chi connectivity index (χ1n) is 7.43. The summed E-state index contributed by atoms with van der Waals surface area (Å²) in [6, 6.07) is 21.1. The van der Waals surface area contributed by atoms with Crippen molar-refractivity contribution in [2.24, 2.45) is 0 Å². The molecule has 0 heterocycles. The Kier molecular flexibility index (Phi) is 2.54. The highest BCUT2D eigenvalue weighted by atomic mass is 35.5. The maximum atomic E-state index is 6.58. The predicted octanol–water partition coefficient (Wildman–Crippen LogP) is 5.98. The van der Waals surface area contributed by atoms with Crippen LogP contribution in [0.3, 0.4) is 0 Å². The second-order valence-corrected chi connectivity index (χ2v) is 6.79. The Bertz CT molecular complexity index is 850. The Balaban J connectivity index is 1.96. The molecule has 0 amide bonds. The minimum absolute atomic E-state index is 0.193. The summed E-state index contributed by atoms with van der Waals surface area (Å²) in [6.07, 6.45) is 0. The molecule has 22 heavy (non-hydrogen) atoms. The van der Waals surface area contributed by atoms with Crippen LogP contribution in [0.4, 0.5) is 0 Å². The van der Waals surface area contributed by atoms with Gasteiger partial charge in [0.1, 0.15) is 0 Å². The lowest BCUT2D eigenvalue weighted by Crippen LogP contribution is -2.28. The molecule has 2 unspecified atom stereocenters. The molecule has 106 valence electrons. The largest absolute Gasteiger partial charge is 0.0840 e. The van der Waals surface area contributed by atoms with Crippen molar-refractivity contribution in [2.45, 2.75) is 11.8 Å². The number of benzene rings is 3.